The molecule has 0 spiro atoms. The van der Waals surface area contributed by atoms with Gasteiger partial charge in [0, 0.05) is 33.3 Å². The van der Waals surface area contributed by atoms with E-state index in [0.717, 1.165) is 11.4 Å². The van der Waals surface area contributed by atoms with Crippen LogP contribution in [0.3, 0.4) is 0 Å². The molecule has 1 heteroatoms. The average molecular weight is 800 g/mol. The highest BCUT2D eigenvalue weighted by Crippen LogP contribution is 2.59. The Labute approximate surface area is 366 Å². The van der Waals surface area contributed by atoms with Gasteiger partial charge in [0.1, 0.15) is 0 Å². The smallest absolute Gasteiger partial charge is 0.0468 e. The number of nitrogens with zero attached hydrogens (tertiary/aromatic N) is 1. The molecule has 62 heavy (non-hydrogen) atoms. The molecule has 12 rings (SSSR count). The van der Waals surface area contributed by atoms with Crippen molar-refractivity contribution in [2.24, 2.45) is 0 Å². The summed E-state index contributed by atoms with van der Waals surface area (Å²) < 4.78 is 0. The highest BCUT2D eigenvalue weighted by Gasteiger charge is 2.43. The first-order chi connectivity index (χ1) is 29.6. The van der Waals surface area contributed by atoms with E-state index in [-0.39, 0.29) is 21.7 Å². The number of hydrogen-bond donors (Lipinski definition) is 0. The zero-order chi connectivity index (χ0) is 42.7. The Morgan fingerprint density at radius 2 is 0.855 bits per heavy atom. The molecule has 3 aliphatic rings. The molecular formula is C61H53N. The highest BCUT2D eigenvalue weighted by atomic mass is 15.1. The lowest BCUT2D eigenvalue weighted by molar-refractivity contribution is 0.590. The minimum atomic E-state index is -0.191. The normalized spacial score (nSPS) is 15.9. The van der Waals surface area contributed by atoms with Gasteiger partial charge in [-0.3, -0.25) is 0 Å². The van der Waals surface area contributed by atoms with Crippen LogP contribution < -0.4 is 4.90 Å². The van der Waals surface area contributed by atoms with Gasteiger partial charge in [-0.2, -0.15) is 0 Å². The Kier molecular flexibility index (Phi) is 7.44. The molecule has 9 aromatic rings. The van der Waals surface area contributed by atoms with Crippen molar-refractivity contribution in [2.75, 3.05) is 4.90 Å². The molecule has 0 aliphatic heterocycles. The first-order valence-electron chi connectivity index (χ1n) is 22.5. The summed E-state index contributed by atoms with van der Waals surface area (Å²) in [5.74, 6) is 0. The molecule has 9 aromatic carbocycles. The predicted octanol–water partition coefficient (Wildman–Crippen LogP) is 16.8. The summed E-state index contributed by atoms with van der Waals surface area (Å²) in [4.78, 5) is 2.48. The standard InChI is InChI=1S/C61H53N/c1-58(2,3)39-21-23-40(24-22-39)62(41-25-29-45-38(32-41)19-28-48-47-27-18-37-15-11-13-17-44(37)56(47)61(8,9)57(45)48)42-26-30-46-49-34-54-50(35-53(49)60(6,7)52(46)33-42)55-43-16-12-10-14-36(43)20-31-51(55)59(54,4)5/h10-35H,1-9H3. The van der Waals surface area contributed by atoms with Crippen molar-refractivity contribution < 1.29 is 0 Å². The van der Waals surface area contributed by atoms with Crippen LogP contribution in [-0.4, -0.2) is 0 Å². The molecule has 0 radical (unpaired) electrons. The van der Waals surface area contributed by atoms with E-state index < -0.39 is 0 Å². The lowest BCUT2D eigenvalue weighted by Crippen LogP contribution is -2.18. The minimum Gasteiger partial charge on any atom is -0.310 e. The van der Waals surface area contributed by atoms with Gasteiger partial charge in [-0.15, -0.1) is 0 Å². The van der Waals surface area contributed by atoms with Gasteiger partial charge in [-0.1, -0.05) is 172 Å². The van der Waals surface area contributed by atoms with Gasteiger partial charge in [0.2, 0.25) is 0 Å². The van der Waals surface area contributed by atoms with Crippen LogP contribution in [-0.2, 0) is 21.7 Å². The van der Waals surface area contributed by atoms with Crippen LogP contribution in [0.25, 0.3) is 65.7 Å². The van der Waals surface area contributed by atoms with Gasteiger partial charge in [-0.25, -0.2) is 0 Å². The van der Waals surface area contributed by atoms with Crippen LogP contribution in [0, 0.1) is 0 Å². The first-order valence-corrected chi connectivity index (χ1v) is 22.5. The lowest BCUT2D eigenvalue weighted by atomic mass is 9.78. The average Bonchev–Trinajstić information content (AvgIpc) is 3.75. The Hall–Kier alpha value is -6.44. The maximum absolute atomic E-state index is 2.55. The summed E-state index contributed by atoms with van der Waals surface area (Å²) in [6.45, 7) is 21.4. The van der Waals surface area contributed by atoms with E-state index in [2.05, 4.69) is 225 Å². The van der Waals surface area contributed by atoms with Crippen molar-refractivity contribution in [1.29, 1.82) is 0 Å². The third-order valence-corrected chi connectivity index (χ3v) is 15.3. The van der Waals surface area contributed by atoms with Crippen molar-refractivity contribution >= 4 is 49.4 Å². The number of benzene rings is 9. The highest BCUT2D eigenvalue weighted by molar-refractivity contribution is 6.06. The summed E-state index contributed by atoms with van der Waals surface area (Å²) in [7, 11) is 0. The molecule has 302 valence electrons. The Morgan fingerprint density at radius 3 is 1.56 bits per heavy atom. The van der Waals surface area contributed by atoms with E-state index in [4.69, 9.17) is 0 Å². The number of anilines is 3. The monoisotopic (exact) mass is 799 g/mol. The summed E-state index contributed by atoms with van der Waals surface area (Å²) in [5.41, 5.74) is 21.2. The Bertz CT molecular complexity index is 3400. The van der Waals surface area contributed by atoms with Crippen molar-refractivity contribution in [3.05, 3.63) is 197 Å². The zero-order valence-corrected chi connectivity index (χ0v) is 37.5. The predicted molar refractivity (Wildman–Crippen MR) is 265 cm³/mol. The number of hydrogen-bond acceptors (Lipinski definition) is 1. The van der Waals surface area contributed by atoms with E-state index in [1.165, 1.54) is 110 Å². The molecule has 0 amide bonds. The van der Waals surface area contributed by atoms with Gasteiger partial charge in [0.05, 0.1) is 0 Å². The van der Waals surface area contributed by atoms with Crippen molar-refractivity contribution in [3.63, 3.8) is 0 Å². The van der Waals surface area contributed by atoms with Crippen LogP contribution in [0.2, 0.25) is 0 Å². The topological polar surface area (TPSA) is 3.24 Å². The fraction of sp³-hybridized carbons (Fsp3) is 0.213. The van der Waals surface area contributed by atoms with Crippen LogP contribution in [0.5, 0.6) is 0 Å². The van der Waals surface area contributed by atoms with E-state index >= 15 is 0 Å². The van der Waals surface area contributed by atoms with Crippen LogP contribution in [0.1, 0.15) is 101 Å². The molecule has 0 unspecified atom stereocenters. The van der Waals surface area contributed by atoms with Gasteiger partial charge in [0.15, 0.2) is 0 Å². The molecule has 3 aliphatic carbocycles. The number of rotatable bonds is 3. The maximum atomic E-state index is 2.55. The van der Waals surface area contributed by atoms with Crippen LogP contribution >= 0.6 is 0 Å². The van der Waals surface area contributed by atoms with Crippen molar-refractivity contribution in [1.82, 2.24) is 0 Å². The second-order valence-corrected chi connectivity index (χ2v) is 21.0. The molecule has 0 aromatic heterocycles. The summed E-state index contributed by atoms with van der Waals surface area (Å²) in [5, 5.41) is 7.91. The fourth-order valence-electron chi connectivity index (χ4n) is 12.1. The maximum Gasteiger partial charge on any atom is 0.0468 e. The molecule has 0 N–H and O–H groups in total. The summed E-state index contributed by atoms with van der Waals surface area (Å²) in [6.07, 6.45) is 0. The molecule has 0 atom stereocenters. The fourth-order valence-corrected chi connectivity index (χ4v) is 12.1. The lowest BCUT2D eigenvalue weighted by Gasteiger charge is -2.29. The molecular weight excluding hydrogens is 747 g/mol. The van der Waals surface area contributed by atoms with Crippen molar-refractivity contribution in [3.8, 4) is 33.4 Å². The van der Waals surface area contributed by atoms with Gasteiger partial charge >= 0.3 is 0 Å². The second kappa shape index (κ2) is 12.4. The first kappa shape index (κ1) is 37.3. The molecule has 0 saturated carbocycles. The third kappa shape index (κ3) is 4.97. The van der Waals surface area contributed by atoms with Gasteiger partial charge < -0.3 is 4.90 Å². The SMILES string of the molecule is CC(C)(C)c1ccc(N(c2ccc3c(c2)C(C)(C)c2cc4c(cc2-3)C(C)(C)c2ccc3ccccc3c2-4)c2ccc3c4c(ccc3c2)-c2ccc3ccccc3c2C4(C)C)cc1. The third-order valence-electron chi connectivity index (χ3n) is 15.3. The largest absolute Gasteiger partial charge is 0.310 e. The molecule has 1 nitrogen and oxygen atoms in total. The molecule has 0 saturated heterocycles. The van der Waals surface area contributed by atoms with Crippen molar-refractivity contribution in [2.45, 2.75) is 84.0 Å². The Balaban J connectivity index is 1.01. The molecule has 0 bridgehead atoms. The number of fused-ring (bicyclic) bond motifs is 15. The zero-order valence-electron chi connectivity index (χ0n) is 37.5. The quantitative estimate of drug-likeness (QED) is 0.172. The van der Waals surface area contributed by atoms with Gasteiger partial charge in [-0.05, 0) is 159 Å². The molecule has 0 fully saturated rings. The van der Waals surface area contributed by atoms with E-state index in [1.54, 1.807) is 0 Å². The molecule has 0 heterocycles. The second-order valence-electron chi connectivity index (χ2n) is 21.0. The summed E-state index contributed by atoms with van der Waals surface area (Å²) >= 11 is 0. The summed E-state index contributed by atoms with van der Waals surface area (Å²) in [6, 6.07) is 60.6. The van der Waals surface area contributed by atoms with E-state index in [0.29, 0.717) is 0 Å². The Morgan fingerprint density at radius 1 is 0.355 bits per heavy atom. The van der Waals surface area contributed by atoms with E-state index in [1.807, 2.05) is 0 Å². The van der Waals surface area contributed by atoms with E-state index in [9.17, 15) is 0 Å². The minimum absolute atomic E-state index is 0.0629. The van der Waals surface area contributed by atoms with Crippen LogP contribution in [0.15, 0.2) is 158 Å². The van der Waals surface area contributed by atoms with Crippen LogP contribution in [0.4, 0.5) is 17.1 Å². The van der Waals surface area contributed by atoms with Gasteiger partial charge in [0.25, 0.3) is 0 Å².